The zero-order chi connectivity index (χ0) is 18.1. The van der Waals surface area contributed by atoms with E-state index >= 15 is 0 Å². The summed E-state index contributed by atoms with van der Waals surface area (Å²) in [5.74, 6) is 0.0703. The number of aliphatic hydroxyl groups is 1. The van der Waals surface area contributed by atoms with Crippen molar-refractivity contribution in [2.75, 3.05) is 13.2 Å². The molecule has 4 nitrogen and oxygen atoms in total. The maximum Gasteiger partial charge on any atom is 0.407 e. The molecule has 136 valence electrons. The summed E-state index contributed by atoms with van der Waals surface area (Å²) < 4.78 is 5.61. The molecule has 0 bridgehead atoms. The molecule has 1 saturated carbocycles. The van der Waals surface area contributed by atoms with Crippen LogP contribution in [0.25, 0.3) is 11.1 Å². The minimum absolute atomic E-state index is 0.0249. The Balaban J connectivity index is 1.46. The third-order valence-corrected chi connectivity index (χ3v) is 6.08. The second-order valence-electron chi connectivity index (χ2n) is 7.73. The molecule has 4 heteroatoms. The zero-order valence-electron chi connectivity index (χ0n) is 15.1. The molecule has 2 aromatic rings. The van der Waals surface area contributed by atoms with Gasteiger partial charge >= 0.3 is 6.09 Å². The highest BCUT2D eigenvalue weighted by Crippen LogP contribution is 2.44. The van der Waals surface area contributed by atoms with Crippen molar-refractivity contribution >= 4 is 6.09 Å². The van der Waals surface area contributed by atoms with E-state index in [1.165, 1.54) is 22.3 Å². The second kappa shape index (κ2) is 6.76. The number of aliphatic hydroxyl groups excluding tert-OH is 1. The largest absolute Gasteiger partial charge is 0.449 e. The lowest BCUT2D eigenvalue weighted by atomic mass is 9.86. The first kappa shape index (κ1) is 17.1. The van der Waals surface area contributed by atoms with Crippen LogP contribution in [-0.2, 0) is 4.74 Å². The van der Waals surface area contributed by atoms with Crippen molar-refractivity contribution in [2.45, 2.75) is 38.1 Å². The van der Waals surface area contributed by atoms with Gasteiger partial charge in [-0.3, -0.25) is 0 Å². The average molecular weight is 351 g/mol. The van der Waals surface area contributed by atoms with Gasteiger partial charge in [0.1, 0.15) is 6.61 Å². The van der Waals surface area contributed by atoms with Crippen LogP contribution in [0.2, 0.25) is 0 Å². The number of nitrogens with one attached hydrogen (secondary N) is 1. The van der Waals surface area contributed by atoms with Gasteiger partial charge in [0, 0.05) is 17.4 Å². The molecule has 1 fully saturated rings. The van der Waals surface area contributed by atoms with Gasteiger partial charge in [-0.2, -0.15) is 0 Å². The molecule has 0 heterocycles. The van der Waals surface area contributed by atoms with E-state index in [0.717, 1.165) is 19.3 Å². The van der Waals surface area contributed by atoms with E-state index < -0.39 is 6.09 Å². The second-order valence-corrected chi connectivity index (χ2v) is 7.73. The molecule has 2 atom stereocenters. The lowest BCUT2D eigenvalue weighted by Crippen LogP contribution is -2.45. The smallest absolute Gasteiger partial charge is 0.407 e. The lowest BCUT2D eigenvalue weighted by Gasteiger charge is -2.29. The summed E-state index contributed by atoms with van der Waals surface area (Å²) in [5, 5.41) is 12.6. The van der Waals surface area contributed by atoms with E-state index in [4.69, 9.17) is 4.74 Å². The molecule has 26 heavy (non-hydrogen) atoms. The average Bonchev–Trinajstić information content (AvgIpc) is 3.19. The minimum Gasteiger partial charge on any atom is -0.449 e. The summed E-state index contributed by atoms with van der Waals surface area (Å²) in [5.41, 5.74) is 4.62. The highest BCUT2D eigenvalue weighted by atomic mass is 16.5. The molecule has 0 aliphatic heterocycles. The quantitative estimate of drug-likeness (QED) is 0.873. The normalized spacial score (nSPS) is 24.2. The molecule has 1 amide bonds. The Morgan fingerprint density at radius 2 is 1.77 bits per heavy atom. The summed E-state index contributed by atoms with van der Waals surface area (Å²) in [4.78, 5) is 12.4. The van der Waals surface area contributed by atoms with Gasteiger partial charge in [0.2, 0.25) is 0 Å². The number of carbonyl (C=O) groups is 1. The highest BCUT2D eigenvalue weighted by Gasteiger charge is 2.39. The summed E-state index contributed by atoms with van der Waals surface area (Å²) in [7, 11) is 0. The van der Waals surface area contributed by atoms with Crippen molar-refractivity contribution in [3.8, 4) is 11.1 Å². The maximum atomic E-state index is 12.4. The van der Waals surface area contributed by atoms with E-state index in [2.05, 4.69) is 29.6 Å². The Hall–Kier alpha value is -2.33. The summed E-state index contributed by atoms with van der Waals surface area (Å²) in [6, 6.07) is 16.6. The molecule has 2 N–H and O–H groups in total. The highest BCUT2D eigenvalue weighted by molar-refractivity contribution is 5.79. The monoisotopic (exact) mass is 351 g/mol. The SMILES string of the molecule is C[C@@]1(CO)CCC[C@H]1NC(=O)OCC1c2ccccc2-c2ccccc21. The molecular formula is C22H25NO3. The minimum atomic E-state index is -0.390. The van der Waals surface area contributed by atoms with E-state index in [0.29, 0.717) is 6.61 Å². The molecule has 0 saturated heterocycles. The summed E-state index contributed by atoms with van der Waals surface area (Å²) in [6.07, 6.45) is 2.45. The van der Waals surface area contributed by atoms with Crippen LogP contribution in [0.4, 0.5) is 4.79 Å². The van der Waals surface area contributed by atoms with Gasteiger partial charge in [0.15, 0.2) is 0 Å². The van der Waals surface area contributed by atoms with Gasteiger partial charge < -0.3 is 15.2 Å². The number of hydrogen-bond donors (Lipinski definition) is 2. The van der Waals surface area contributed by atoms with Crippen molar-refractivity contribution in [3.05, 3.63) is 59.7 Å². The first-order valence-corrected chi connectivity index (χ1v) is 9.35. The lowest BCUT2D eigenvalue weighted by molar-refractivity contribution is 0.101. The van der Waals surface area contributed by atoms with E-state index in [-0.39, 0.29) is 24.0 Å². The number of hydrogen-bond acceptors (Lipinski definition) is 3. The number of amides is 1. The van der Waals surface area contributed by atoms with Gasteiger partial charge in [-0.05, 0) is 35.1 Å². The molecule has 2 aliphatic carbocycles. The van der Waals surface area contributed by atoms with Crippen LogP contribution in [0.1, 0.15) is 43.2 Å². The van der Waals surface area contributed by atoms with Crippen molar-refractivity contribution in [1.29, 1.82) is 0 Å². The fraction of sp³-hybridized carbons (Fsp3) is 0.409. The molecular weight excluding hydrogens is 326 g/mol. The van der Waals surface area contributed by atoms with Crippen LogP contribution in [0.3, 0.4) is 0 Å². The maximum absolute atomic E-state index is 12.4. The predicted octanol–water partition coefficient (Wildman–Crippen LogP) is 4.08. The zero-order valence-corrected chi connectivity index (χ0v) is 15.1. The molecule has 2 aliphatic rings. The number of rotatable bonds is 4. The van der Waals surface area contributed by atoms with Crippen LogP contribution in [0.5, 0.6) is 0 Å². The molecule has 0 aromatic heterocycles. The van der Waals surface area contributed by atoms with Crippen LogP contribution in [0, 0.1) is 5.41 Å². The van der Waals surface area contributed by atoms with Crippen molar-refractivity contribution in [3.63, 3.8) is 0 Å². The van der Waals surface area contributed by atoms with E-state index in [1.807, 2.05) is 31.2 Å². The van der Waals surface area contributed by atoms with Crippen LogP contribution >= 0.6 is 0 Å². The third kappa shape index (κ3) is 2.88. The molecule has 2 aromatic carbocycles. The fourth-order valence-electron chi connectivity index (χ4n) is 4.45. The molecule has 0 spiro atoms. The number of carbonyl (C=O) groups excluding carboxylic acids is 1. The Kier molecular flexibility index (Phi) is 4.45. The van der Waals surface area contributed by atoms with Gasteiger partial charge in [0.25, 0.3) is 0 Å². The van der Waals surface area contributed by atoms with Gasteiger partial charge in [-0.15, -0.1) is 0 Å². The Morgan fingerprint density at radius 1 is 1.15 bits per heavy atom. The molecule has 0 unspecified atom stereocenters. The topological polar surface area (TPSA) is 58.6 Å². The third-order valence-electron chi connectivity index (χ3n) is 6.08. The van der Waals surface area contributed by atoms with Crippen LogP contribution in [0.15, 0.2) is 48.5 Å². The van der Waals surface area contributed by atoms with Crippen LogP contribution < -0.4 is 5.32 Å². The van der Waals surface area contributed by atoms with Gasteiger partial charge in [-0.1, -0.05) is 61.9 Å². The van der Waals surface area contributed by atoms with Crippen molar-refractivity contribution < 1.29 is 14.6 Å². The summed E-state index contributed by atoms with van der Waals surface area (Å²) >= 11 is 0. The van der Waals surface area contributed by atoms with Crippen molar-refractivity contribution in [2.24, 2.45) is 5.41 Å². The Morgan fingerprint density at radius 3 is 2.38 bits per heavy atom. The first-order valence-electron chi connectivity index (χ1n) is 9.35. The standard InChI is InChI=1S/C22H25NO3/c1-22(14-24)12-6-11-20(22)23-21(25)26-13-19-17-9-4-2-7-15(17)16-8-3-5-10-18(16)19/h2-5,7-10,19-20,24H,6,11-14H2,1H3,(H,23,25)/t20-,22+/m1/s1. The first-order chi connectivity index (χ1) is 12.6. The number of alkyl carbamates (subject to hydrolysis) is 1. The fourth-order valence-corrected chi connectivity index (χ4v) is 4.45. The molecule has 4 rings (SSSR count). The molecule has 0 radical (unpaired) electrons. The van der Waals surface area contributed by atoms with Crippen LogP contribution in [-0.4, -0.2) is 30.5 Å². The predicted molar refractivity (Wildman–Crippen MR) is 101 cm³/mol. The number of benzene rings is 2. The van der Waals surface area contributed by atoms with E-state index in [1.54, 1.807) is 0 Å². The van der Waals surface area contributed by atoms with Gasteiger partial charge in [-0.25, -0.2) is 4.79 Å². The van der Waals surface area contributed by atoms with E-state index in [9.17, 15) is 9.90 Å². The Bertz CT molecular complexity index is 773. The summed E-state index contributed by atoms with van der Waals surface area (Å²) in [6.45, 7) is 2.43. The number of fused-ring (bicyclic) bond motifs is 3. The number of ether oxygens (including phenoxy) is 1. The Labute approximate surface area is 154 Å². The van der Waals surface area contributed by atoms with Gasteiger partial charge in [0.05, 0.1) is 6.61 Å². The van der Waals surface area contributed by atoms with Crippen molar-refractivity contribution in [1.82, 2.24) is 5.32 Å².